The Kier molecular flexibility index (Phi) is 5.41. The maximum Gasteiger partial charge on any atom is 0.406 e. The summed E-state index contributed by atoms with van der Waals surface area (Å²) < 4.78 is 44.3. The first kappa shape index (κ1) is 17.5. The van der Waals surface area contributed by atoms with Gasteiger partial charge in [0.1, 0.15) is 12.4 Å². The van der Waals surface area contributed by atoms with Crippen molar-refractivity contribution in [3.8, 4) is 0 Å². The van der Waals surface area contributed by atoms with Crippen molar-refractivity contribution < 1.29 is 22.7 Å². The van der Waals surface area contributed by atoms with Crippen molar-refractivity contribution in [1.82, 2.24) is 4.98 Å². The summed E-state index contributed by atoms with van der Waals surface area (Å²) in [5.41, 5.74) is 0.635. The zero-order valence-corrected chi connectivity index (χ0v) is 12.8. The number of ether oxygens (including phenoxy) is 1. The summed E-state index contributed by atoms with van der Waals surface area (Å²) >= 11 is 0. The van der Waals surface area contributed by atoms with Crippen LogP contribution < -0.4 is 4.90 Å². The van der Waals surface area contributed by atoms with Gasteiger partial charge in [-0.05, 0) is 31.9 Å². The molecule has 0 aromatic carbocycles. The molecule has 0 N–H and O–H groups in total. The molecule has 0 spiro atoms. The third kappa shape index (κ3) is 4.54. The van der Waals surface area contributed by atoms with E-state index in [0.29, 0.717) is 29.9 Å². The van der Waals surface area contributed by atoms with E-state index in [0.717, 1.165) is 0 Å². The summed E-state index contributed by atoms with van der Waals surface area (Å²) in [5.74, 6) is -1.32. The molecule has 2 rings (SSSR count). The van der Waals surface area contributed by atoms with Gasteiger partial charge in [-0.15, -0.1) is 0 Å². The summed E-state index contributed by atoms with van der Waals surface area (Å²) in [6.45, 7) is 4.60. The Labute approximate surface area is 133 Å². The van der Waals surface area contributed by atoms with Crippen LogP contribution in [-0.4, -0.2) is 36.3 Å². The molecule has 1 aliphatic heterocycles. The minimum atomic E-state index is -4.51. The molecule has 0 bridgehead atoms. The fourth-order valence-corrected chi connectivity index (χ4v) is 2.68. The number of anilines is 1. The van der Waals surface area contributed by atoms with Crippen LogP contribution in [0.15, 0.2) is 36.5 Å². The smallest absolute Gasteiger partial charge is 0.373 e. The quantitative estimate of drug-likeness (QED) is 0.796. The second-order valence-electron chi connectivity index (χ2n) is 5.61. The van der Waals surface area contributed by atoms with E-state index in [2.05, 4.69) is 11.6 Å². The predicted octanol–water partition coefficient (Wildman–Crippen LogP) is 3.35. The molecule has 0 unspecified atom stereocenters. The summed E-state index contributed by atoms with van der Waals surface area (Å²) in [6, 6.07) is 4.52. The SMILES string of the molecule is C=C(C)[C@H]1OCCC[C@H]1C(=O)N(CC(F)(F)F)c1ccccn1. The number of halogens is 3. The molecule has 23 heavy (non-hydrogen) atoms. The van der Waals surface area contributed by atoms with E-state index in [-0.39, 0.29) is 5.82 Å². The Morgan fingerprint density at radius 1 is 1.48 bits per heavy atom. The van der Waals surface area contributed by atoms with Crippen molar-refractivity contribution in [3.05, 3.63) is 36.5 Å². The Morgan fingerprint density at radius 3 is 2.78 bits per heavy atom. The van der Waals surface area contributed by atoms with Crippen LogP contribution in [0.5, 0.6) is 0 Å². The van der Waals surface area contributed by atoms with Crippen molar-refractivity contribution in [1.29, 1.82) is 0 Å². The lowest BCUT2D eigenvalue weighted by atomic mass is 9.89. The fraction of sp³-hybridized carbons (Fsp3) is 0.500. The topological polar surface area (TPSA) is 42.4 Å². The molecular formula is C16H19F3N2O2. The maximum absolute atomic E-state index is 12.9. The van der Waals surface area contributed by atoms with Crippen molar-refractivity contribution >= 4 is 11.7 Å². The summed E-state index contributed by atoms with van der Waals surface area (Å²) in [4.78, 5) is 17.3. The Hall–Kier alpha value is -1.89. The lowest BCUT2D eigenvalue weighted by Crippen LogP contribution is -2.48. The Bertz CT molecular complexity index is 560. The third-order valence-electron chi connectivity index (χ3n) is 3.65. The lowest BCUT2D eigenvalue weighted by Gasteiger charge is -2.35. The molecule has 7 heteroatoms. The van der Waals surface area contributed by atoms with Crippen LogP contribution in [0.3, 0.4) is 0 Å². The zero-order chi connectivity index (χ0) is 17.0. The van der Waals surface area contributed by atoms with Crippen molar-refractivity contribution in [3.63, 3.8) is 0 Å². The van der Waals surface area contributed by atoms with Crippen molar-refractivity contribution in [2.45, 2.75) is 32.0 Å². The molecule has 2 atom stereocenters. The molecule has 0 aliphatic carbocycles. The molecule has 1 fully saturated rings. The van der Waals surface area contributed by atoms with Crippen molar-refractivity contribution in [2.24, 2.45) is 5.92 Å². The first-order chi connectivity index (χ1) is 10.8. The van der Waals surface area contributed by atoms with Gasteiger partial charge in [-0.2, -0.15) is 13.2 Å². The molecule has 1 aromatic heterocycles. The number of carbonyl (C=O) groups excluding carboxylic acids is 1. The highest BCUT2D eigenvalue weighted by molar-refractivity contribution is 5.95. The van der Waals surface area contributed by atoms with E-state index >= 15 is 0 Å². The molecule has 2 heterocycles. The molecule has 0 radical (unpaired) electrons. The normalized spacial score (nSPS) is 21.7. The van der Waals surface area contributed by atoms with Gasteiger partial charge in [0.15, 0.2) is 0 Å². The van der Waals surface area contributed by atoms with Gasteiger partial charge in [0.2, 0.25) is 5.91 Å². The highest BCUT2D eigenvalue weighted by Gasteiger charge is 2.40. The van der Waals surface area contributed by atoms with Crippen LogP contribution in [0.1, 0.15) is 19.8 Å². The van der Waals surface area contributed by atoms with E-state index in [1.165, 1.54) is 12.3 Å². The third-order valence-corrected chi connectivity index (χ3v) is 3.65. The van der Waals surface area contributed by atoms with Crippen LogP contribution >= 0.6 is 0 Å². The van der Waals surface area contributed by atoms with E-state index in [9.17, 15) is 18.0 Å². The predicted molar refractivity (Wildman–Crippen MR) is 79.9 cm³/mol. The van der Waals surface area contributed by atoms with Gasteiger partial charge in [-0.3, -0.25) is 9.69 Å². The van der Waals surface area contributed by atoms with E-state index in [4.69, 9.17) is 4.74 Å². The zero-order valence-electron chi connectivity index (χ0n) is 12.8. The Morgan fingerprint density at radius 2 is 2.22 bits per heavy atom. The number of hydrogen-bond acceptors (Lipinski definition) is 3. The highest BCUT2D eigenvalue weighted by atomic mass is 19.4. The van der Waals surface area contributed by atoms with Gasteiger partial charge in [-0.25, -0.2) is 4.98 Å². The van der Waals surface area contributed by atoms with Gasteiger partial charge in [0, 0.05) is 12.8 Å². The standard InChI is InChI=1S/C16H19F3N2O2/c1-11(2)14-12(6-5-9-23-14)15(22)21(10-16(17,18)19)13-7-3-4-8-20-13/h3-4,7-8,12,14H,1,5-6,9-10H2,2H3/t12-,14-/m1/s1. The van der Waals surface area contributed by atoms with Gasteiger partial charge < -0.3 is 4.74 Å². The van der Waals surface area contributed by atoms with E-state index in [1.807, 2.05) is 0 Å². The van der Waals surface area contributed by atoms with Gasteiger partial charge in [-0.1, -0.05) is 18.2 Å². The minimum absolute atomic E-state index is 0.0131. The van der Waals surface area contributed by atoms with Crippen LogP contribution in [0, 0.1) is 5.92 Å². The number of amides is 1. The van der Waals surface area contributed by atoms with Crippen LogP contribution in [0.2, 0.25) is 0 Å². The Balaban J connectivity index is 2.30. The van der Waals surface area contributed by atoms with Gasteiger partial charge in [0.05, 0.1) is 12.0 Å². The lowest BCUT2D eigenvalue weighted by molar-refractivity contribution is -0.139. The first-order valence-corrected chi connectivity index (χ1v) is 7.36. The first-order valence-electron chi connectivity index (χ1n) is 7.36. The number of aromatic nitrogens is 1. The van der Waals surface area contributed by atoms with Crippen LogP contribution in [0.25, 0.3) is 0 Å². The number of pyridine rings is 1. The minimum Gasteiger partial charge on any atom is -0.373 e. The summed E-state index contributed by atoms with van der Waals surface area (Å²) in [7, 11) is 0. The fourth-order valence-electron chi connectivity index (χ4n) is 2.68. The molecule has 4 nitrogen and oxygen atoms in total. The molecule has 1 amide bonds. The number of hydrogen-bond donors (Lipinski definition) is 0. The average molecular weight is 328 g/mol. The molecule has 126 valence electrons. The number of alkyl halides is 3. The monoisotopic (exact) mass is 328 g/mol. The van der Waals surface area contributed by atoms with E-state index < -0.39 is 30.7 Å². The largest absolute Gasteiger partial charge is 0.406 e. The van der Waals surface area contributed by atoms with Gasteiger partial charge in [0.25, 0.3) is 0 Å². The summed E-state index contributed by atoms with van der Waals surface area (Å²) in [5, 5.41) is 0. The maximum atomic E-state index is 12.9. The molecule has 1 aromatic rings. The average Bonchev–Trinajstić information content (AvgIpc) is 2.52. The van der Waals surface area contributed by atoms with Gasteiger partial charge >= 0.3 is 6.18 Å². The molecule has 0 saturated carbocycles. The second-order valence-corrected chi connectivity index (χ2v) is 5.61. The molecule has 1 aliphatic rings. The second kappa shape index (κ2) is 7.12. The van der Waals surface area contributed by atoms with Crippen molar-refractivity contribution in [2.75, 3.05) is 18.1 Å². The summed E-state index contributed by atoms with van der Waals surface area (Å²) in [6.07, 6.45) is -2.61. The van der Waals surface area contributed by atoms with Crippen LogP contribution in [-0.2, 0) is 9.53 Å². The molecule has 1 saturated heterocycles. The van der Waals surface area contributed by atoms with Crippen LogP contribution in [0.4, 0.5) is 19.0 Å². The number of carbonyl (C=O) groups is 1. The highest BCUT2D eigenvalue weighted by Crippen LogP contribution is 2.30. The molecular weight excluding hydrogens is 309 g/mol. The number of rotatable bonds is 4. The van der Waals surface area contributed by atoms with E-state index in [1.54, 1.807) is 19.1 Å². The number of nitrogens with zero attached hydrogens (tertiary/aromatic N) is 2.